The van der Waals surface area contributed by atoms with Crippen LogP contribution in [0.3, 0.4) is 0 Å². The zero-order valence-corrected chi connectivity index (χ0v) is 19.6. The van der Waals surface area contributed by atoms with Crippen molar-refractivity contribution in [3.8, 4) is 0 Å². The van der Waals surface area contributed by atoms with Crippen LogP contribution in [-0.2, 0) is 4.57 Å². The van der Waals surface area contributed by atoms with Crippen molar-refractivity contribution >= 4 is 66.9 Å². The van der Waals surface area contributed by atoms with E-state index in [2.05, 4.69) is 0 Å². The summed E-state index contributed by atoms with van der Waals surface area (Å²) in [5.74, 6) is -0.758. The fraction of sp³-hybridized carbons (Fsp3) is 0. The summed E-state index contributed by atoms with van der Waals surface area (Å²) in [6, 6.07) is 29.1. The minimum atomic E-state index is -3.36. The average molecular weight is 494 g/mol. The maximum atomic E-state index is 15.0. The Bertz CT molecular complexity index is 1880. The zero-order chi connectivity index (χ0) is 24.4. The molecule has 0 aliphatic rings. The molecule has 0 unspecified atom stereocenters. The second kappa shape index (κ2) is 7.64. The van der Waals surface area contributed by atoms with Crippen LogP contribution >= 0.6 is 7.14 Å². The van der Waals surface area contributed by atoms with Gasteiger partial charge in [-0.3, -0.25) is 0 Å². The van der Waals surface area contributed by atoms with Crippen molar-refractivity contribution in [2.24, 2.45) is 0 Å². The van der Waals surface area contributed by atoms with Crippen LogP contribution in [0.4, 0.5) is 8.78 Å². The van der Waals surface area contributed by atoms with Crippen LogP contribution in [0, 0.1) is 11.6 Å². The second-order valence-electron chi connectivity index (χ2n) is 8.79. The Morgan fingerprint density at radius 3 is 1.36 bits per heavy atom. The predicted octanol–water partition coefficient (Wildman–Crippen LogP) is 7.40. The first kappa shape index (κ1) is 21.1. The van der Waals surface area contributed by atoms with Gasteiger partial charge in [-0.2, -0.15) is 0 Å². The fourth-order valence-corrected chi connectivity index (χ4v) is 7.61. The number of furan rings is 2. The molecule has 3 nitrogen and oxygen atoms in total. The molecule has 0 aliphatic heterocycles. The third-order valence-corrected chi connectivity index (χ3v) is 9.72. The molecule has 0 saturated carbocycles. The van der Waals surface area contributed by atoms with Gasteiger partial charge in [0.25, 0.3) is 0 Å². The van der Waals surface area contributed by atoms with Gasteiger partial charge in [-0.1, -0.05) is 30.3 Å². The highest BCUT2D eigenvalue weighted by Crippen LogP contribution is 2.45. The molecule has 36 heavy (non-hydrogen) atoms. The average Bonchev–Trinajstić information content (AvgIpc) is 3.44. The van der Waals surface area contributed by atoms with Crippen molar-refractivity contribution in [1.82, 2.24) is 0 Å². The van der Waals surface area contributed by atoms with E-state index in [1.165, 1.54) is 24.3 Å². The molecule has 2 heterocycles. The zero-order valence-electron chi connectivity index (χ0n) is 18.7. The van der Waals surface area contributed by atoms with E-state index in [0.717, 1.165) is 21.5 Å². The van der Waals surface area contributed by atoms with Crippen molar-refractivity contribution in [2.45, 2.75) is 0 Å². The second-order valence-corrected chi connectivity index (χ2v) is 11.6. The predicted molar refractivity (Wildman–Crippen MR) is 140 cm³/mol. The van der Waals surface area contributed by atoms with E-state index >= 15 is 4.57 Å². The third-order valence-electron chi connectivity index (χ3n) is 6.68. The Labute approximate surface area is 203 Å². The number of rotatable bonds is 3. The van der Waals surface area contributed by atoms with E-state index in [0.29, 0.717) is 38.2 Å². The molecule has 0 saturated heterocycles. The Balaban J connectivity index is 1.48. The number of hydrogen-bond acceptors (Lipinski definition) is 3. The van der Waals surface area contributed by atoms with E-state index in [1.54, 1.807) is 24.3 Å². The number of fused-ring (bicyclic) bond motifs is 6. The lowest BCUT2D eigenvalue weighted by atomic mass is 10.1. The summed E-state index contributed by atoms with van der Waals surface area (Å²) in [5.41, 5.74) is 1.94. The van der Waals surface area contributed by atoms with Crippen LogP contribution in [0.2, 0.25) is 0 Å². The lowest BCUT2D eigenvalue weighted by molar-refractivity contribution is 0.592. The van der Waals surface area contributed by atoms with Gasteiger partial charge in [0.2, 0.25) is 0 Å². The van der Waals surface area contributed by atoms with Crippen molar-refractivity contribution in [1.29, 1.82) is 0 Å². The van der Waals surface area contributed by atoms with E-state index in [1.807, 2.05) is 54.6 Å². The minimum absolute atomic E-state index is 0.379. The van der Waals surface area contributed by atoms with Crippen molar-refractivity contribution < 1.29 is 22.2 Å². The molecule has 5 aromatic carbocycles. The normalized spacial score (nSPS) is 12.3. The van der Waals surface area contributed by atoms with E-state index in [4.69, 9.17) is 8.83 Å². The smallest absolute Gasteiger partial charge is 0.171 e. The van der Waals surface area contributed by atoms with Crippen LogP contribution in [0.15, 0.2) is 112 Å². The molecular weight excluding hydrogens is 477 g/mol. The molecule has 6 heteroatoms. The van der Waals surface area contributed by atoms with Gasteiger partial charge >= 0.3 is 0 Å². The van der Waals surface area contributed by atoms with Crippen LogP contribution in [-0.4, -0.2) is 0 Å². The van der Waals surface area contributed by atoms with Crippen LogP contribution < -0.4 is 15.9 Å². The maximum absolute atomic E-state index is 15.0. The minimum Gasteiger partial charge on any atom is -0.456 e. The quantitative estimate of drug-likeness (QED) is 0.240. The highest BCUT2D eigenvalue weighted by Gasteiger charge is 2.31. The first-order chi connectivity index (χ1) is 17.5. The molecule has 0 atom stereocenters. The standard InChI is InChI=1S/C30H17F2O3P/c31-18-6-10-23-25-12-8-21(16-29(25)34-27(23)14-18)36(33,20-4-2-1-3-5-20)22-9-13-26-24-11-7-19(32)15-28(24)35-30(26)17-22/h1-17H. The molecule has 7 rings (SSSR count). The number of halogens is 2. The molecule has 0 fully saturated rings. The maximum Gasteiger partial charge on any atom is 0.171 e. The lowest BCUT2D eigenvalue weighted by Crippen LogP contribution is -2.24. The molecule has 2 aromatic heterocycles. The van der Waals surface area contributed by atoms with Gasteiger partial charge in [-0.05, 0) is 60.7 Å². The molecule has 0 amide bonds. The molecular formula is C30H17F2O3P. The molecule has 0 spiro atoms. The van der Waals surface area contributed by atoms with Crippen molar-refractivity contribution in [3.63, 3.8) is 0 Å². The first-order valence-electron chi connectivity index (χ1n) is 11.4. The van der Waals surface area contributed by atoms with E-state index < -0.39 is 7.14 Å². The molecule has 0 N–H and O–H groups in total. The van der Waals surface area contributed by atoms with Crippen molar-refractivity contribution in [2.75, 3.05) is 0 Å². The highest BCUT2D eigenvalue weighted by atomic mass is 31.2. The lowest BCUT2D eigenvalue weighted by Gasteiger charge is -2.20. The monoisotopic (exact) mass is 494 g/mol. The first-order valence-corrected chi connectivity index (χ1v) is 13.1. The summed E-state index contributed by atoms with van der Waals surface area (Å²) in [6.45, 7) is 0. The topological polar surface area (TPSA) is 43.4 Å². The summed E-state index contributed by atoms with van der Waals surface area (Å²) < 4.78 is 54.5. The fourth-order valence-electron chi connectivity index (χ4n) is 4.96. The summed E-state index contributed by atoms with van der Waals surface area (Å²) in [6.07, 6.45) is 0. The molecule has 174 valence electrons. The van der Waals surface area contributed by atoms with Crippen LogP contribution in [0.1, 0.15) is 0 Å². The molecule has 0 bridgehead atoms. The largest absolute Gasteiger partial charge is 0.456 e. The molecule has 0 aliphatic carbocycles. The Morgan fingerprint density at radius 1 is 0.472 bits per heavy atom. The van der Waals surface area contributed by atoms with Gasteiger partial charge in [0.1, 0.15) is 34.0 Å². The van der Waals surface area contributed by atoms with Gasteiger partial charge in [0.15, 0.2) is 7.14 Å². The van der Waals surface area contributed by atoms with E-state index in [-0.39, 0.29) is 11.6 Å². The number of benzene rings is 5. The Hall–Kier alpha value is -4.21. The molecule has 7 aromatic rings. The van der Waals surface area contributed by atoms with Crippen LogP contribution in [0.5, 0.6) is 0 Å². The highest BCUT2D eigenvalue weighted by molar-refractivity contribution is 7.85. The van der Waals surface area contributed by atoms with Gasteiger partial charge in [-0.15, -0.1) is 0 Å². The van der Waals surface area contributed by atoms with Gasteiger partial charge < -0.3 is 13.4 Å². The Morgan fingerprint density at radius 2 is 0.889 bits per heavy atom. The van der Waals surface area contributed by atoms with Crippen molar-refractivity contribution in [3.05, 3.63) is 115 Å². The molecule has 0 radical (unpaired) electrons. The van der Waals surface area contributed by atoms with Gasteiger partial charge in [0, 0.05) is 49.6 Å². The summed E-state index contributed by atoms with van der Waals surface area (Å²) in [5, 5.41) is 5.07. The van der Waals surface area contributed by atoms with Crippen LogP contribution in [0.25, 0.3) is 43.9 Å². The van der Waals surface area contributed by atoms with Gasteiger partial charge in [0.05, 0.1) is 0 Å². The van der Waals surface area contributed by atoms with E-state index in [9.17, 15) is 8.78 Å². The summed E-state index contributed by atoms with van der Waals surface area (Å²) in [7, 11) is -3.36. The van der Waals surface area contributed by atoms with Gasteiger partial charge in [-0.25, -0.2) is 8.78 Å². The summed E-state index contributed by atoms with van der Waals surface area (Å²) >= 11 is 0. The summed E-state index contributed by atoms with van der Waals surface area (Å²) in [4.78, 5) is 0. The third kappa shape index (κ3) is 3.06. The SMILES string of the molecule is O=P(c1ccccc1)(c1ccc2c(c1)oc1cc(F)ccc12)c1ccc2c(c1)oc1cc(F)ccc12. The Kier molecular flexibility index (Phi) is 4.48. The number of hydrogen-bond donors (Lipinski definition) is 0.